The van der Waals surface area contributed by atoms with Gasteiger partial charge >= 0.3 is 0 Å². The van der Waals surface area contributed by atoms with Crippen LogP contribution in [0.5, 0.6) is 0 Å². The molecular weight excluding hydrogens is 435 g/mol. The first kappa shape index (κ1) is 26.5. The van der Waals surface area contributed by atoms with Crippen LogP contribution in [0.2, 0.25) is 0 Å². The smallest absolute Gasteiger partial charge is 0.151 e. The number of nitrogens with zero attached hydrogens (tertiary/aromatic N) is 2. The van der Waals surface area contributed by atoms with Crippen LogP contribution in [-0.4, -0.2) is 22.7 Å². The van der Waals surface area contributed by atoms with Crippen molar-refractivity contribution in [3.8, 4) is 22.3 Å². The molecule has 0 aliphatic carbocycles. The lowest BCUT2D eigenvalue weighted by Gasteiger charge is -2.11. The molecule has 4 heteroatoms. The van der Waals surface area contributed by atoms with E-state index in [0.29, 0.717) is 23.9 Å². The third-order valence-corrected chi connectivity index (χ3v) is 6.04. The lowest BCUT2D eigenvalue weighted by atomic mass is 10.00. The highest BCUT2D eigenvalue weighted by Gasteiger charge is 2.06. The van der Waals surface area contributed by atoms with Gasteiger partial charge in [-0.15, -0.1) is 6.58 Å². The van der Waals surface area contributed by atoms with E-state index in [4.69, 9.17) is 4.74 Å². The minimum atomic E-state index is -0.200. The molecule has 0 saturated heterocycles. The molecule has 1 heterocycles. The van der Waals surface area contributed by atoms with E-state index in [1.807, 2.05) is 54.9 Å². The highest BCUT2D eigenvalue weighted by Crippen LogP contribution is 2.26. The molecular formula is C31H37FN2O. The second-order valence-corrected chi connectivity index (χ2v) is 8.93. The number of rotatable bonds is 14. The highest BCUT2D eigenvalue weighted by atomic mass is 19.1. The summed E-state index contributed by atoms with van der Waals surface area (Å²) in [5.41, 5.74) is 4.47. The molecule has 1 unspecified atom stereocenters. The van der Waals surface area contributed by atoms with Gasteiger partial charge < -0.3 is 4.74 Å². The maximum absolute atomic E-state index is 14.3. The van der Waals surface area contributed by atoms with Crippen LogP contribution in [0, 0.1) is 5.82 Å². The summed E-state index contributed by atoms with van der Waals surface area (Å²) in [6.45, 7) is 8.91. The number of hydrogen-bond donors (Lipinski definition) is 0. The van der Waals surface area contributed by atoms with Gasteiger partial charge in [-0.25, -0.2) is 14.4 Å². The fourth-order valence-electron chi connectivity index (χ4n) is 3.91. The Labute approximate surface area is 209 Å². The molecule has 35 heavy (non-hydrogen) atoms. The van der Waals surface area contributed by atoms with Gasteiger partial charge in [-0.3, -0.25) is 0 Å². The van der Waals surface area contributed by atoms with E-state index in [1.54, 1.807) is 12.1 Å². The van der Waals surface area contributed by atoms with E-state index < -0.39 is 0 Å². The maximum Gasteiger partial charge on any atom is 0.151 e. The monoisotopic (exact) mass is 472 g/mol. The van der Waals surface area contributed by atoms with Crippen molar-refractivity contribution in [2.45, 2.75) is 64.9 Å². The fourth-order valence-corrected chi connectivity index (χ4v) is 3.91. The van der Waals surface area contributed by atoms with Crippen molar-refractivity contribution < 1.29 is 9.13 Å². The SMILES string of the molecule is C=CCc1ccc(-c2ccc(-c3cnc(/C=C/CCCC(C)OCCCCC)nc3)cc2)cc1F. The van der Waals surface area contributed by atoms with Crippen molar-refractivity contribution in [2.24, 2.45) is 0 Å². The van der Waals surface area contributed by atoms with Crippen LogP contribution in [0.25, 0.3) is 28.3 Å². The van der Waals surface area contributed by atoms with Crippen LogP contribution >= 0.6 is 0 Å². The van der Waals surface area contributed by atoms with Gasteiger partial charge in [0.25, 0.3) is 0 Å². The lowest BCUT2D eigenvalue weighted by molar-refractivity contribution is 0.0566. The summed E-state index contributed by atoms with van der Waals surface area (Å²) < 4.78 is 20.1. The number of allylic oxidation sites excluding steroid dienone is 2. The molecule has 0 radical (unpaired) electrons. The first-order valence-corrected chi connectivity index (χ1v) is 12.7. The van der Waals surface area contributed by atoms with Crippen LogP contribution in [0.15, 0.2) is 73.6 Å². The van der Waals surface area contributed by atoms with E-state index in [1.165, 1.54) is 12.8 Å². The fraction of sp³-hybridized carbons (Fsp3) is 0.355. The summed E-state index contributed by atoms with van der Waals surface area (Å²) in [5, 5.41) is 0. The zero-order chi connectivity index (χ0) is 24.9. The lowest BCUT2D eigenvalue weighted by Crippen LogP contribution is -2.08. The first-order chi connectivity index (χ1) is 17.1. The summed E-state index contributed by atoms with van der Waals surface area (Å²) in [6.07, 6.45) is 17.1. The number of halogens is 1. The van der Waals surface area contributed by atoms with E-state index >= 15 is 0 Å². The highest BCUT2D eigenvalue weighted by molar-refractivity contribution is 5.70. The average Bonchev–Trinajstić information content (AvgIpc) is 2.88. The van der Waals surface area contributed by atoms with Gasteiger partial charge in [-0.1, -0.05) is 68.3 Å². The quantitative estimate of drug-likeness (QED) is 0.174. The predicted molar refractivity (Wildman–Crippen MR) is 145 cm³/mol. The molecule has 0 bridgehead atoms. The van der Waals surface area contributed by atoms with Gasteiger partial charge in [0.05, 0.1) is 6.10 Å². The largest absolute Gasteiger partial charge is 0.379 e. The van der Waals surface area contributed by atoms with Crippen LogP contribution in [0.4, 0.5) is 4.39 Å². The molecule has 1 aromatic heterocycles. The summed E-state index contributed by atoms with van der Waals surface area (Å²) in [6, 6.07) is 13.4. The number of unbranched alkanes of at least 4 members (excludes halogenated alkanes) is 3. The Kier molecular flexibility index (Phi) is 10.8. The van der Waals surface area contributed by atoms with Gasteiger partial charge in [0.15, 0.2) is 5.82 Å². The van der Waals surface area contributed by atoms with Crippen molar-refractivity contribution >= 4 is 6.08 Å². The maximum atomic E-state index is 14.3. The van der Waals surface area contributed by atoms with Gasteiger partial charge in [-0.05, 0) is 73.4 Å². The molecule has 3 aromatic rings. The standard InChI is InChI=1S/C31H37FN2O/c1-4-6-10-20-35-24(3)12-8-7-9-13-31-33-22-29(23-34-31)26-16-14-25(15-17-26)28-19-18-27(11-5-2)30(32)21-28/h5,9,13-19,21-24H,2,4,6-8,10-12,20H2,1,3H3/b13-9+. The van der Waals surface area contributed by atoms with Gasteiger partial charge in [-0.2, -0.15) is 0 Å². The zero-order valence-corrected chi connectivity index (χ0v) is 21.1. The van der Waals surface area contributed by atoms with Crippen molar-refractivity contribution in [3.05, 3.63) is 90.8 Å². The molecule has 0 aliphatic rings. The molecule has 0 spiro atoms. The van der Waals surface area contributed by atoms with Crippen LogP contribution in [-0.2, 0) is 11.2 Å². The predicted octanol–water partition coefficient (Wildman–Crippen LogP) is 8.46. The molecule has 3 nitrogen and oxygen atoms in total. The molecule has 0 amide bonds. The van der Waals surface area contributed by atoms with Gasteiger partial charge in [0.1, 0.15) is 5.82 Å². The van der Waals surface area contributed by atoms with Gasteiger partial charge in [0, 0.05) is 24.6 Å². The molecule has 0 saturated carbocycles. The molecule has 0 N–H and O–H groups in total. The molecule has 1 atom stereocenters. The minimum Gasteiger partial charge on any atom is -0.379 e. The second kappa shape index (κ2) is 14.3. The molecule has 184 valence electrons. The van der Waals surface area contributed by atoms with Crippen molar-refractivity contribution in [1.29, 1.82) is 0 Å². The van der Waals surface area contributed by atoms with Crippen molar-refractivity contribution in [2.75, 3.05) is 6.61 Å². The Morgan fingerprint density at radius 1 is 0.943 bits per heavy atom. The Balaban J connectivity index is 1.49. The Bertz CT molecular complexity index is 1070. The van der Waals surface area contributed by atoms with Crippen molar-refractivity contribution in [1.82, 2.24) is 9.97 Å². The topological polar surface area (TPSA) is 35.0 Å². The third kappa shape index (κ3) is 8.56. The second-order valence-electron chi connectivity index (χ2n) is 8.93. The number of benzene rings is 2. The Hall–Kier alpha value is -3.11. The normalized spacial score (nSPS) is 12.2. The summed E-state index contributed by atoms with van der Waals surface area (Å²) in [4.78, 5) is 8.97. The summed E-state index contributed by atoms with van der Waals surface area (Å²) >= 11 is 0. The summed E-state index contributed by atoms with van der Waals surface area (Å²) in [7, 11) is 0. The first-order valence-electron chi connectivity index (χ1n) is 12.7. The number of ether oxygens (including phenoxy) is 1. The van der Waals surface area contributed by atoms with Crippen molar-refractivity contribution in [3.63, 3.8) is 0 Å². The molecule has 3 rings (SSSR count). The van der Waals surface area contributed by atoms with E-state index in [9.17, 15) is 4.39 Å². The van der Waals surface area contributed by atoms with Crippen LogP contribution < -0.4 is 0 Å². The third-order valence-electron chi connectivity index (χ3n) is 6.04. The number of aromatic nitrogens is 2. The van der Waals surface area contributed by atoms with Crippen LogP contribution in [0.1, 0.15) is 63.8 Å². The minimum absolute atomic E-state index is 0.200. The molecule has 0 fully saturated rings. The van der Waals surface area contributed by atoms with Gasteiger partial charge in [0.2, 0.25) is 0 Å². The number of hydrogen-bond acceptors (Lipinski definition) is 3. The van der Waals surface area contributed by atoms with E-state index in [2.05, 4.69) is 36.5 Å². The average molecular weight is 473 g/mol. The summed E-state index contributed by atoms with van der Waals surface area (Å²) in [5.74, 6) is 0.512. The molecule has 0 aliphatic heterocycles. The molecule has 2 aromatic carbocycles. The van der Waals surface area contributed by atoms with E-state index in [-0.39, 0.29) is 5.82 Å². The zero-order valence-electron chi connectivity index (χ0n) is 21.1. The Morgan fingerprint density at radius 3 is 2.29 bits per heavy atom. The van der Waals surface area contributed by atoms with E-state index in [0.717, 1.165) is 54.5 Å². The Morgan fingerprint density at radius 2 is 1.63 bits per heavy atom. The van der Waals surface area contributed by atoms with Crippen LogP contribution in [0.3, 0.4) is 0 Å².